The van der Waals surface area contributed by atoms with Crippen LogP contribution in [0.1, 0.15) is 16.5 Å². The maximum atomic E-state index is 10.7. The molecule has 1 atom stereocenters. The summed E-state index contributed by atoms with van der Waals surface area (Å²) in [5, 5.41) is 1.02. The Morgan fingerprint density at radius 2 is 1.70 bits per heavy atom. The molecule has 2 N–H and O–H groups in total. The van der Waals surface area contributed by atoms with Crippen LogP contribution < -0.4 is 4.74 Å². The summed E-state index contributed by atoms with van der Waals surface area (Å²) in [6.45, 7) is 0.323. The van der Waals surface area contributed by atoms with E-state index in [1.54, 1.807) is 17.8 Å². The number of benzene rings is 3. The normalized spacial score (nSPS) is 18.1. The minimum atomic E-state index is -2.83. The number of nitrogens with zero attached hydrogens (tertiary/aromatic N) is 1. The van der Waals surface area contributed by atoms with Gasteiger partial charge < -0.3 is 4.74 Å². The fourth-order valence-corrected chi connectivity index (χ4v) is 7.31. The van der Waals surface area contributed by atoms with Crippen LogP contribution in [0.4, 0.5) is 0 Å². The first-order valence-electron chi connectivity index (χ1n) is 9.68. The number of aromatic nitrogens is 1. The quantitative estimate of drug-likeness (QED) is 0.362. The molecule has 2 heterocycles. The molecule has 3 aromatic carbocycles. The van der Waals surface area contributed by atoms with Gasteiger partial charge in [-0.25, -0.2) is 4.98 Å². The first-order valence-corrected chi connectivity index (χ1v) is 12.3. The van der Waals surface area contributed by atoms with Gasteiger partial charge in [0.2, 0.25) is 0 Å². The number of pyridine rings is 1. The van der Waals surface area contributed by atoms with Gasteiger partial charge in [-0.2, -0.15) is 10.6 Å². The number of thioether (sulfide) groups is 1. The van der Waals surface area contributed by atoms with Gasteiger partial charge in [-0.05, 0) is 36.4 Å². The Morgan fingerprint density at radius 3 is 2.57 bits per heavy atom. The lowest BCUT2D eigenvalue weighted by Crippen LogP contribution is -2.02. The van der Waals surface area contributed by atoms with Crippen molar-refractivity contribution in [3.8, 4) is 5.75 Å². The zero-order valence-electron chi connectivity index (χ0n) is 16.1. The Balaban J connectivity index is 1.43. The van der Waals surface area contributed by atoms with E-state index in [1.165, 1.54) is 0 Å². The molecule has 0 radical (unpaired) electrons. The summed E-state index contributed by atoms with van der Waals surface area (Å²) in [7, 11) is -2.83. The highest BCUT2D eigenvalue weighted by atomic mass is 32.3. The topological polar surface area (TPSA) is 62.6 Å². The molecule has 0 amide bonds. The SMILES string of the molecule is OS1(O)CC(Sc2ccccc2)c2c(OCc3ccc4ccccc4n3)cccc21. The van der Waals surface area contributed by atoms with Crippen LogP contribution in [0.2, 0.25) is 0 Å². The predicted molar refractivity (Wildman–Crippen MR) is 124 cm³/mol. The van der Waals surface area contributed by atoms with Crippen molar-refractivity contribution in [2.45, 2.75) is 21.6 Å². The van der Waals surface area contributed by atoms with Gasteiger partial charge in [0.1, 0.15) is 12.4 Å². The monoisotopic (exact) mass is 435 g/mol. The zero-order chi connectivity index (χ0) is 20.6. The van der Waals surface area contributed by atoms with Crippen molar-refractivity contribution in [1.29, 1.82) is 0 Å². The number of ether oxygens (including phenoxy) is 1. The number of rotatable bonds is 5. The van der Waals surface area contributed by atoms with E-state index in [0.717, 1.165) is 27.1 Å². The van der Waals surface area contributed by atoms with E-state index in [1.807, 2.05) is 78.9 Å². The Bertz CT molecular complexity index is 1200. The Labute approximate surface area is 181 Å². The number of hydrogen-bond donors (Lipinski definition) is 2. The third-order valence-corrected chi connectivity index (χ3v) is 8.44. The molecule has 152 valence electrons. The maximum Gasteiger partial charge on any atom is 0.130 e. The van der Waals surface area contributed by atoms with Crippen LogP contribution in [0.25, 0.3) is 10.9 Å². The highest BCUT2D eigenvalue weighted by Gasteiger charge is 2.38. The van der Waals surface area contributed by atoms with E-state index in [0.29, 0.717) is 23.0 Å². The second-order valence-corrected chi connectivity index (χ2v) is 10.6. The highest BCUT2D eigenvalue weighted by Crippen LogP contribution is 2.64. The van der Waals surface area contributed by atoms with Crippen molar-refractivity contribution in [2.24, 2.45) is 0 Å². The molecule has 30 heavy (non-hydrogen) atoms. The summed E-state index contributed by atoms with van der Waals surface area (Å²) in [6.07, 6.45) is 0. The van der Waals surface area contributed by atoms with E-state index in [9.17, 15) is 9.11 Å². The van der Waals surface area contributed by atoms with Crippen molar-refractivity contribution in [2.75, 3.05) is 5.75 Å². The molecule has 1 unspecified atom stereocenters. The fraction of sp³-hybridized carbons (Fsp3) is 0.125. The average molecular weight is 436 g/mol. The molecule has 0 spiro atoms. The lowest BCUT2D eigenvalue weighted by molar-refractivity contribution is 0.298. The first kappa shape index (κ1) is 19.5. The van der Waals surface area contributed by atoms with E-state index in [-0.39, 0.29) is 5.25 Å². The Morgan fingerprint density at radius 1 is 0.900 bits per heavy atom. The number of fused-ring (bicyclic) bond motifs is 2. The van der Waals surface area contributed by atoms with E-state index in [4.69, 9.17) is 4.74 Å². The third-order valence-electron chi connectivity index (χ3n) is 5.14. The predicted octanol–water partition coefficient (Wildman–Crippen LogP) is 6.77. The third kappa shape index (κ3) is 3.79. The van der Waals surface area contributed by atoms with E-state index >= 15 is 0 Å². The van der Waals surface area contributed by atoms with Crippen LogP contribution in [0.5, 0.6) is 5.75 Å². The molecule has 0 saturated carbocycles. The molecule has 1 aliphatic heterocycles. The van der Waals surface area contributed by atoms with Gasteiger partial charge in [0.15, 0.2) is 0 Å². The molecule has 5 rings (SSSR count). The maximum absolute atomic E-state index is 10.7. The Hall–Kier alpha value is -2.51. The Kier molecular flexibility index (Phi) is 5.16. The molecular weight excluding hydrogens is 414 g/mol. The lowest BCUT2D eigenvalue weighted by Gasteiger charge is -2.27. The van der Waals surface area contributed by atoms with Gasteiger partial charge in [-0.15, -0.1) is 11.8 Å². The molecule has 1 aromatic heterocycles. The zero-order valence-corrected chi connectivity index (χ0v) is 17.8. The minimum absolute atomic E-state index is 0.0758. The standard InChI is InChI=1S/C24H21NO3S2/c26-30(27)16-22(29-19-8-2-1-3-9-19)24-21(11-6-12-23(24)30)28-15-18-14-13-17-7-4-5-10-20(17)25-18/h1-14,22,26-27H,15-16H2. The van der Waals surface area contributed by atoms with Gasteiger partial charge in [0, 0.05) is 15.8 Å². The van der Waals surface area contributed by atoms with Crippen LogP contribution in [0, 0.1) is 0 Å². The number of hydrogen-bond acceptors (Lipinski definition) is 5. The molecule has 1 aliphatic rings. The first-order chi connectivity index (χ1) is 14.6. The van der Waals surface area contributed by atoms with E-state index < -0.39 is 10.6 Å². The molecular formula is C24H21NO3S2. The second kappa shape index (κ2) is 7.96. The van der Waals surface area contributed by atoms with Crippen molar-refractivity contribution >= 4 is 33.3 Å². The van der Waals surface area contributed by atoms with Crippen molar-refractivity contribution in [1.82, 2.24) is 4.98 Å². The van der Waals surface area contributed by atoms with Gasteiger partial charge in [0.25, 0.3) is 0 Å². The largest absolute Gasteiger partial charge is 0.487 e. The van der Waals surface area contributed by atoms with Gasteiger partial charge in [-0.3, -0.25) is 9.11 Å². The van der Waals surface area contributed by atoms with E-state index in [2.05, 4.69) is 4.98 Å². The van der Waals surface area contributed by atoms with Crippen molar-refractivity contribution < 1.29 is 13.8 Å². The molecule has 0 saturated heterocycles. The lowest BCUT2D eigenvalue weighted by atomic mass is 10.1. The summed E-state index contributed by atoms with van der Waals surface area (Å²) in [4.78, 5) is 6.37. The van der Waals surface area contributed by atoms with Crippen LogP contribution in [0.3, 0.4) is 0 Å². The molecule has 6 heteroatoms. The van der Waals surface area contributed by atoms with Crippen LogP contribution in [-0.2, 0) is 6.61 Å². The smallest absolute Gasteiger partial charge is 0.130 e. The summed E-state index contributed by atoms with van der Waals surface area (Å²) >= 11 is 1.64. The summed E-state index contributed by atoms with van der Waals surface area (Å²) in [6, 6.07) is 27.6. The van der Waals surface area contributed by atoms with Gasteiger partial charge >= 0.3 is 0 Å². The van der Waals surface area contributed by atoms with Crippen LogP contribution >= 0.6 is 22.4 Å². The van der Waals surface area contributed by atoms with Crippen molar-refractivity contribution in [3.63, 3.8) is 0 Å². The average Bonchev–Trinajstić information content (AvgIpc) is 3.03. The molecule has 0 bridgehead atoms. The number of para-hydroxylation sites is 1. The molecule has 4 nitrogen and oxygen atoms in total. The second-order valence-electron chi connectivity index (χ2n) is 7.20. The summed E-state index contributed by atoms with van der Waals surface area (Å²) in [5.41, 5.74) is 2.65. The fourth-order valence-electron chi connectivity index (χ4n) is 3.73. The minimum Gasteiger partial charge on any atom is -0.487 e. The van der Waals surface area contributed by atoms with Crippen molar-refractivity contribution in [3.05, 3.63) is 96.2 Å². The summed E-state index contributed by atoms with van der Waals surface area (Å²) in [5.74, 6) is 0.990. The molecule has 4 aromatic rings. The van der Waals surface area contributed by atoms with Crippen LogP contribution in [0.15, 0.2) is 94.7 Å². The summed E-state index contributed by atoms with van der Waals surface area (Å²) < 4.78 is 27.5. The highest BCUT2D eigenvalue weighted by molar-refractivity contribution is 8.25. The molecule has 0 aliphatic carbocycles. The van der Waals surface area contributed by atoms with Gasteiger partial charge in [-0.1, -0.05) is 48.5 Å². The van der Waals surface area contributed by atoms with Gasteiger partial charge in [0.05, 0.1) is 27.1 Å². The molecule has 0 fully saturated rings. The van der Waals surface area contributed by atoms with Crippen LogP contribution in [-0.4, -0.2) is 19.8 Å².